The quantitative estimate of drug-likeness (QED) is 0.649. The number of carbonyl (C=O) groups is 2. The number of hydrogen-bond donors (Lipinski definition) is 2. The topological polar surface area (TPSA) is 103 Å². The normalized spacial score (nSPS) is 23.6. The highest BCUT2D eigenvalue weighted by molar-refractivity contribution is 7.13. The second kappa shape index (κ2) is 10.9. The van der Waals surface area contributed by atoms with Crippen LogP contribution >= 0.6 is 11.3 Å². The van der Waals surface area contributed by atoms with E-state index in [1.165, 1.54) is 11.3 Å². The highest BCUT2D eigenvalue weighted by atomic mass is 32.1. The van der Waals surface area contributed by atoms with Crippen molar-refractivity contribution < 1.29 is 37.7 Å². The van der Waals surface area contributed by atoms with Crippen molar-refractivity contribution in [3.05, 3.63) is 15.6 Å². The van der Waals surface area contributed by atoms with Crippen molar-refractivity contribution in [2.24, 2.45) is 5.41 Å². The summed E-state index contributed by atoms with van der Waals surface area (Å²) in [5, 5.41) is 17.7. The van der Waals surface area contributed by atoms with E-state index in [4.69, 9.17) is 14.6 Å². The van der Waals surface area contributed by atoms with Crippen LogP contribution < -0.4 is 0 Å². The molecule has 1 aromatic rings. The van der Waals surface area contributed by atoms with E-state index in [0.29, 0.717) is 6.10 Å². The Balaban J connectivity index is 0.000000406. The van der Waals surface area contributed by atoms with Crippen LogP contribution in [0.15, 0.2) is 0 Å². The molecule has 3 aliphatic rings. The fraction of sp³-hybridized carbons (Fsp3) is 0.773. The van der Waals surface area contributed by atoms with E-state index in [-0.39, 0.29) is 17.4 Å². The molecule has 0 radical (unpaired) electrons. The zero-order chi connectivity index (χ0) is 25.1. The van der Waals surface area contributed by atoms with Gasteiger partial charge in [0.2, 0.25) is 0 Å². The van der Waals surface area contributed by atoms with E-state index in [1.54, 1.807) is 0 Å². The van der Waals surface area contributed by atoms with Crippen LogP contribution in [-0.4, -0.2) is 94.6 Å². The first-order chi connectivity index (χ1) is 15.9. The molecule has 8 nitrogen and oxygen atoms in total. The molecule has 0 aliphatic carbocycles. The number of aliphatic carboxylic acids is 1. The summed E-state index contributed by atoms with van der Waals surface area (Å²) < 4.78 is 37.9. The summed E-state index contributed by atoms with van der Waals surface area (Å²) in [4.78, 5) is 31.4. The first kappa shape index (κ1) is 26.8. The standard InChI is InChI=1S/C20H31N3O3S.C2HF3O2/c1-14-18(27-15(2)21-14)19(25)23-9-5-20(6-10-23)11-17(26-13-20)12-22-7-3-16(24)4-8-22;3-2(4,5)1(6)7/h16-17,24H,3-13H2,1-2H3;(H,6,7). The zero-order valence-corrected chi connectivity index (χ0v) is 20.3. The number of hydrogen-bond acceptors (Lipinski definition) is 7. The summed E-state index contributed by atoms with van der Waals surface area (Å²) in [6, 6.07) is 0. The minimum absolute atomic E-state index is 0.120. The molecule has 3 fully saturated rings. The number of halogens is 3. The molecule has 3 aliphatic heterocycles. The maximum absolute atomic E-state index is 12.8. The van der Waals surface area contributed by atoms with Gasteiger partial charge in [0.05, 0.1) is 29.5 Å². The number of aryl methyl sites for hydroxylation is 2. The minimum Gasteiger partial charge on any atom is -0.475 e. The van der Waals surface area contributed by atoms with Crippen molar-refractivity contribution in [1.82, 2.24) is 14.8 Å². The maximum Gasteiger partial charge on any atom is 0.490 e. The number of likely N-dealkylation sites (tertiary alicyclic amines) is 2. The molecule has 34 heavy (non-hydrogen) atoms. The average Bonchev–Trinajstić information content (AvgIpc) is 3.31. The van der Waals surface area contributed by atoms with Gasteiger partial charge in [0.1, 0.15) is 4.88 Å². The van der Waals surface area contributed by atoms with Crippen LogP contribution in [0, 0.1) is 19.3 Å². The van der Waals surface area contributed by atoms with Crippen molar-refractivity contribution in [3.63, 3.8) is 0 Å². The average molecular weight is 508 g/mol. The van der Waals surface area contributed by atoms with Gasteiger partial charge < -0.3 is 24.7 Å². The van der Waals surface area contributed by atoms with Crippen molar-refractivity contribution >= 4 is 23.2 Å². The van der Waals surface area contributed by atoms with Gasteiger partial charge in [-0.2, -0.15) is 13.2 Å². The molecule has 0 bridgehead atoms. The molecule has 1 amide bonds. The Hall–Kier alpha value is -1.76. The smallest absolute Gasteiger partial charge is 0.475 e. The number of nitrogens with zero attached hydrogens (tertiary/aromatic N) is 3. The van der Waals surface area contributed by atoms with Gasteiger partial charge >= 0.3 is 12.1 Å². The molecule has 4 heterocycles. The van der Waals surface area contributed by atoms with Crippen molar-refractivity contribution in [1.29, 1.82) is 0 Å². The van der Waals surface area contributed by atoms with Gasteiger partial charge in [-0.1, -0.05) is 0 Å². The van der Waals surface area contributed by atoms with Gasteiger partial charge in [-0.15, -0.1) is 11.3 Å². The maximum atomic E-state index is 12.8. The van der Waals surface area contributed by atoms with E-state index in [0.717, 1.165) is 87.0 Å². The van der Waals surface area contributed by atoms with Crippen LogP contribution in [-0.2, 0) is 9.53 Å². The Morgan fingerprint density at radius 3 is 2.26 bits per heavy atom. The Bertz CT molecular complexity index is 862. The third-order valence-electron chi connectivity index (χ3n) is 6.76. The third kappa shape index (κ3) is 6.89. The van der Waals surface area contributed by atoms with Gasteiger partial charge in [0.15, 0.2) is 0 Å². The molecule has 1 aromatic heterocycles. The monoisotopic (exact) mass is 507 g/mol. The Morgan fingerprint density at radius 1 is 1.18 bits per heavy atom. The summed E-state index contributed by atoms with van der Waals surface area (Å²) in [5.41, 5.74) is 1.11. The molecular formula is C22H32F3N3O5S. The van der Waals surface area contributed by atoms with E-state index < -0.39 is 12.1 Å². The van der Waals surface area contributed by atoms with Crippen LogP contribution in [0.2, 0.25) is 0 Å². The van der Waals surface area contributed by atoms with E-state index >= 15 is 0 Å². The molecule has 3 saturated heterocycles. The fourth-order valence-electron chi connectivity index (χ4n) is 4.81. The van der Waals surface area contributed by atoms with Gasteiger partial charge in [0.25, 0.3) is 5.91 Å². The summed E-state index contributed by atoms with van der Waals surface area (Å²) in [5.74, 6) is -2.61. The van der Waals surface area contributed by atoms with E-state index in [2.05, 4.69) is 9.88 Å². The predicted octanol–water partition coefficient (Wildman–Crippen LogP) is 2.86. The lowest BCUT2D eigenvalue weighted by Gasteiger charge is -2.38. The SMILES string of the molecule is Cc1nc(C)c(C(=O)N2CCC3(CC2)COC(CN2CCC(O)CC2)C3)s1.O=C(O)C(F)(F)F. The van der Waals surface area contributed by atoms with Gasteiger partial charge in [-0.3, -0.25) is 4.79 Å². The van der Waals surface area contributed by atoms with Gasteiger partial charge in [-0.25, -0.2) is 9.78 Å². The molecule has 2 N–H and O–H groups in total. The first-order valence-corrected chi connectivity index (χ1v) is 12.3. The highest BCUT2D eigenvalue weighted by Crippen LogP contribution is 2.42. The Kier molecular flexibility index (Phi) is 8.59. The van der Waals surface area contributed by atoms with Crippen LogP contribution in [0.1, 0.15) is 52.5 Å². The fourth-order valence-corrected chi connectivity index (χ4v) is 5.70. The number of carboxylic acids is 1. The lowest BCUT2D eigenvalue weighted by Crippen LogP contribution is -2.44. The third-order valence-corrected chi connectivity index (χ3v) is 7.82. The predicted molar refractivity (Wildman–Crippen MR) is 119 cm³/mol. The molecule has 0 saturated carbocycles. The largest absolute Gasteiger partial charge is 0.490 e. The molecule has 192 valence electrons. The summed E-state index contributed by atoms with van der Waals surface area (Å²) in [7, 11) is 0. The Morgan fingerprint density at radius 2 is 1.76 bits per heavy atom. The second-order valence-corrected chi connectivity index (χ2v) is 10.6. The second-order valence-electron chi connectivity index (χ2n) is 9.41. The van der Waals surface area contributed by atoms with E-state index in [1.807, 2.05) is 18.7 Å². The number of thiazole rings is 1. The van der Waals surface area contributed by atoms with Crippen LogP contribution in [0.3, 0.4) is 0 Å². The van der Waals surface area contributed by atoms with Crippen molar-refractivity contribution in [2.45, 2.75) is 64.3 Å². The molecule has 1 unspecified atom stereocenters. The number of ether oxygens (including phenoxy) is 1. The summed E-state index contributed by atoms with van der Waals surface area (Å²) in [6.45, 7) is 9.29. The summed E-state index contributed by atoms with van der Waals surface area (Å²) >= 11 is 1.51. The number of rotatable bonds is 3. The van der Waals surface area contributed by atoms with Crippen LogP contribution in [0.5, 0.6) is 0 Å². The molecule has 1 spiro atoms. The number of aromatic nitrogens is 1. The molecule has 12 heteroatoms. The lowest BCUT2D eigenvalue weighted by atomic mass is 9.76. The molecular weight excluding hydrogens is 475 g/mol. The number of aliphatic hydroxyl groups is 1. The van der Waals surface area contributed by atoms with Crippen molar-refractivity contribution in [3.8, 4) is 0 Å². The van der Waals surface area contributed by atoms with Crippen molar-refractivity contribution in [2.75, 3.05) is 39.3 Å². The van der Waals surface area contributed by atoms with Crippen LogP contribution in [0.25, 0.3) is 0 Å². The number of alkyl halides is 3. The molecule has 0 aromatic carbocycles. The number of carboxylic acid groups (broad SMARTS) is 1. The number of piperidine rings is 2. The zero-order valence-electron chi connectivity index (χ0n) is 19.4. The van der Waals surface area contributed by atoms with Crippen LogP contribution in [0.4, 0.5) is 13.2 Å². The number of aliphatic hydroxyl groups excluding tert-OH is 1. The number of carbonyl (C=O) groups excluding carboxylic acids is 1. The molecule has 1 atom stereocenters. The highest BCUT2D eigenvalue weighted by Gasteiger charge is 2.44. The molecule has 4 rings (SSSR count). The lowest BCUT2D eigenvalue weighted by molar-refractivity contribution is -0.192. The van der Waals surface area contributed by atoms with E-state index in [9.17, 15) is 23.1 Å². The minimum atomic E-state index is -5.08. The van der Waals surface area contributed by atoms with Gasteiger partial charge in [0, 0.05) is 32.7 Å². The Labute approximate surface area is 200 Å². The van der Waals surface area contributed by atoms with Gasteiger partial charge in [-0.05, 0) is 51.4 Å². The first-order valence-electron chi connectivity index (χ1n) is 11.4. The number of amides is 1. The summed E-state index contributed by atoms with van der Waals surface area (Å²) in [6.07, 6.45) is 0.0258.